The predicted octanol–water partition coefficient (Wildman–Crippen LogP) is -0.907. The second-order valence-electron chi connectivity index (χ2n) is 3.63. The molecule has 0 saturated carbocycles. The van der Waals surface area contributed by atoms with Crippen molar-refractivity contribution in [1.82, 2.24) is 0 Å². The van der Waals surface area contributed by atoms with Crippen molar-refractivity contribution in [3.8, 4) is 12.1 Å². The monoisotopic (exact) mass is 368 g/mol. The van der Waals surface area contributed by atoms with Gasteiger partial charge in [0.05, 0.1) is 24.1 Å². The molecule has 134 valence electrons. The van der Waals surface area contributed by atoms with Gasteiger partial charge in [0.15, 0.2) is 12.6 Å². The van der Waals surface area contributed by atoms with Gasteiger partial charge in [0.1, 0.15) is 0 Å². The third-order valence-electron chi connectivity index (χ3n) is 2.11. The van der Waals surface area contributed by atoms with Crippen molar-refractivity contribution in [3.05, 3.63) is 11.8 Å². The summed E-state index contributed by atoms with van der Waals surface area (Å²) in [6.45, 7) is 9.29. The number of nitrogens with zero attached hydrogens (tertiary/aromatic N) is 2. The van der Waals surface area contributed by atoms with E-state index in [4.69, 9.17) is 29.5 Å². The van der Waals surface area contributed by atoms with E-state index in [-0.39, 0.29) is 70.7 Å². The fourth-order valence-corrected chi connectivity index (χ4v) is 1.28. The number of hydrogen-bond donors (Lipinski definition) is 0. The minimum Gasteiger partial charge on any atom is -0.877 e. The topological polar surface area (TPSA) is 108 Å². The molecule has 0 aromatic heterocycles. The minimum absolute atomic E-state index is 0. The maximum Gasteiger partial charge on any atom is 1.00 e. The van der Waals surface area contributed by atoms with E-state index >= 15 is 0 Å². The predicted molar refractivity (Wildman–Crippen MR) is 84.7 cm³/mol. The van der Waals surface area contributed by atoms with Gasteiger partial charge in [0.2, 0.25) is 0 Å². The Labute approximate surface area is 188 Å². The summed E-state index contributed by atoms with van der Waals surface area (Å²) in [5, 5.41) is 27.1. The molecule has 24 heavy (non-hydrogen) atoms. The maximum absolute atomic E-state index is 10.3. The van der Waals surface area contributed by atoms with Gasteiger partial charge in [-0.2, -0.15) is 10.5 Å². The summed E-state index contributed by atoms with van der Waals surface area (Å²) in [6.07, 6.45) is -0.375. The third kappa shape index (κ3) is 18.3. The van der Waals surface area contributed by atoms with Crippen LogP contribution in [0.4, 0.5) is 0 Å². The molecule has 0 N–H and O–H groups in total. The third-order valence-corrected chi connectivity index (χ3v) is 2.11. The van der Waals surface area contributed by atoms with Crippen LogP contribution in [-0.2, 0) is 18.9 Å². The molecule has 8 heteroatoms. The van der Waals surface area contributed by atoms with Crippen molar-refractivity contribution in [2.24, 2.45) is 0 Å². The van der Waals surface area contributed by atoms with E-state index < -0.39 is 6.29 Å². The smallest absolute Gasteiger partial charge is 0.877 e. The largest absolute Gasteiger partial charge is 1.00 e. The molecule has 0 atom stereocenters. The van der Waals surface area contributed by atoms with Crippen LogP contribution in [0.25, 0.3) is 0 Å². The summed E-state index contributed by atoms with van der Waals surface area (Å²) in [4.78, 5) is 0. The van der Waals surface area contributed by atoms with Gasteiger partial charge in [-0.1, -0.05) is 7.43 Å². The fraction of sp³-hybridized carbons (Fsp3) is 0.750. The summed E-state index contributed by atoms with van der Waals surface area (Å²) >= 11 is 0. The van der Waals surface area contributed by atoms with Gasteiger partial charge in [-0.05, 0) is 27.7 Å². The first-order chi connectivity index (χ1) is 10.6. The average Bonchev–Trinajstić information content (AvgIpc) is 2.50. The Bertz CT molecular complexity index is 354. The van der Waals surface area contributed by atoms with Crippen LogP contribution in [0.15, 0.2) is 11.8 Å². The second kappa shape index (κ2) is 25.2. The first kappa shape index (κ1) is 31.7. The van der Waals surface area contributed by atoms with Gasteiger partial charge in [0.25, 0.3) is 0 Å². The number of rotatable bonds is 10. The van der Waals surface area contributed by atoms with Gasteiger partial charge in [0, 0.05) is 26.4 Å². The number of hydrogen-bond acceptors (Lipinski definition) is 7. The Morgan fingerprint density at radius 1 is 0.958 bits per heavy atom. The molecular weight excluding hydrogens is 339 g/mol. The van der Waals surface area contributed by atoms with Crippen molar-refractivity contribution in [3.63, 3.8) is 0 Å². The van der Waals surface area contributed by atoms with Crippen LogP contribution in [0.1, 0.15) is 41.5 Å². The molecule has 0 radical (unpaired) electrons. The zero-order valence-electron chi connectivity index (χ0n) is 14.7. The molecule has 0 unspecified atom stereocenters. The van der Waals surface area contributed by atoms with E-state index in [9.17, 15) is 5.11 Å². The normalized spacial score (nSPS) is 9.92. The van der Waals surface area contributed by atoms with Gasteiger partial charge in [-0.15, -0.1) is 6.26 Å². The molecule has 0 amide bonds. The molecule has 0 bridgehead atoms. The van der Waals surface area contributed by atoms with Crippen molar-refractivity contribution in [2.75, 3.05) is 26.4 Å². The minimum atomic E-state index is -0.803. The van der Waals surface area contributed by atoms with Crippen LogP contribution < -0.4 is 56.5 Å². The van der Waals surface area contributed by atoms with E-state index in [0.29, 0.717) is 39.1 Å². The summed E-state index contributed by atoms with van der Waals surface area (Å²) in [6, 6.07) is 3.71. The van der Waals surface area contributed by atoms with Crippen LogP contribution in [0.3, 0.4) is 0 Å². The standard InChI is InChI=1S/C8H13NO3.C7H13NO2.CH4.K/c1-3-11-8(12-4-2)7(5-9)6-10;1-3-9-7(5-6-8)10-4-2;;/h6,8,10H,3-4H2,1-2H3;7H,3-5H2,1-2H3;1H4;/q;;;+1/p-1/b7-6-;;;. The molecule has 0 aliphatic heterocycles. The fourth-order valence-electron chi connectivity index (χ4n) is 1.28. The molecule has 0 aromatic rings. The van der Waals surface area contributed by atoms with E-state index in [0.717, 1.165) is 0 Å². The average molecular weight is 369 g/mol. The summed E-state index contributed by atoms with van der Waals surface area (Å²) in [7, 11) is 0. The van der Waals surface area contributed by atoms with Gasteiger partial charge >= 0.3 is 51.4 Å². The van der Waals surface area contributed by atoms with Crippen molar-refractivity contribution in [1.29, 1.82) is 10.5 Å². The van der Waals surface area contributed by atoms with Crippen molar-refractivity contribution >= 4 is 0 Å². The number of nitriles is 2. The molecule has 0 aromatic carbocycles. The summed E-state index contributed by atoms with van der Waals surface area (Å²) < 4.78 is 20.2. The Morgan fingerprint density at radius 3 is 1.62 bits per heavy atom. The Kier molecular flexibility index (Phi) is 33.4. The molecule has 0 aliphatic carbocycles. The van der Waals surface area contributed by atoms with Gasteiger partial charge in [-0.25, -0.2) is 0 Å². The van der Waals surface area contributed by atoms with Gasteiger partial charge < -0.3 is 24.1 Å². The Hall–Kier alpha value is -0.00364. The molecule has 0 saturated heterocycles. The zero-order valence-corrected chi connectivity index (χ0v) is 17.8. The van der Waals surface area contributed by atoms with Crippen molar-refractivity contribution in [2.45, 2.75) is 54.1 Å². The van der Waals surface area contributed by atoms with Gasteiger partial charge in [-0.3, -0.25) is 0 Å². The van der Waals surface area contributed by atoms with E-state index in [1.807, 2.05) is 19.9 Å². The molecule has 7 nitrogen and oxygen atoms in total. The quantitative estimate of drug-likeness (QED) is 0.213. The molecule has 0 fully saturated rings. The number of ether oxygens (including phenoxy) is 4. The van der Waals surface area contributed by atoms with E-state index in [2.05, 4.69) is 0 Å². The van der Waals surface area contributed by atoms with Crippen LogP contribution in [0.5, 0.6) is 0 Å². The van der Waals surface area contributed by atoms with Crippen LogP contribution >= 0.6 is 0 Å². The van der Waals surface area contributed by atoms with Crippen LogP contribution in [0.2, 0.25) is 0 Å². The first-order valence-corrected chi connectivity index (χ1v) is 7.20. The SMILES string of the molecule is C.CCOC(CC#N)OCC.CCOC(OCC)/C(C#N)=C\[O-].[K+]. The maximum atomic E-state index is 10.3. The van der Waals surface area contributed by atoms with Crippen molar-refractivity contribution < 1.29 is 75.4 Å². The van der Waals surface area contributed by atoms with Crippen LogP contribution in [0, 0.1) is 22.7 Å². The Balaban J connectivity index is -0.000000156. The summed E-state index contributed by atoms with van der Waals surface area (Å²) in [5.74, 6) is 0. The van der Waals surface area contributed by atoms with Crippen LogP contribution in [-0.4, -0.2) is 39.0 Å². The first-order valence-electron chi connectivity index (χ1n) is 7.20. The van der Waals surface area contributed by atoms with E-state index in [1.165, 1.54) is 0 Å². The Morgan fingerprint density at radius 2 is 1.38 bits per heavy atom. The second-order valence-corrected chi connectivity index (χ2v) is 3.63. The molecule has 0 heterocycles. The zero-order chi connectivity index (χ0) is 17.2. The summed E-state index contributed by atoms with van der Waals surface area (Å²) in [5.41, 5.74) is -0.0290. The molecular formula is C16H29KN2O5. The molecule has 0 rings (SSSR count). The van der Waals surface area contributed by atoms with E-state index in [1.54, 1.807) is 19.9 Å². The molecule has 0 aliphatic rings. The molecule has 0 spiro atoms.